The Morgan fingerprint density at radius 3 is 2.90 bits per heavy atom. The summed E-state index contributed by atoms with van der Waals surface area (Å²) >= 11 is 1.41. The second-order valence-electron chi connectivity index (χ2n) is 5.35. The molecule has 0 aromatic carbocycles. The lowest BCUT2D eigenvalue weighted by molar-refractivity contribution is -0.118. The highest BCUT2D eigenvalue weighted by atomic mass is 32.1. The predicted molar refractivity (Wildman–Crippen MR) is 78.0 cm³/mol. The van der Waals surface area contributed by atoms with Gasteiger partial charge in [-0.05, 0) is 14.0 Å². The first-order valence-corrected chi connectivity index (χ1v) is 7.55. The van der Waals surface area contributed by atoms with Gasteiger partial charge in [0.1, 0.15) is 0 Å². The molecule has 2 rings (SSSR count). The van der Waals surface area contributed by atoms with Gasteiger partial charge in [0.2, 0.25) is 5.91 Å². The van der Waals surface area contributed by atoms with Crippen LogP contribution in [0.1, 0.15) is 18.5 Å². The topological polar surface area (TPSA) is 74.7 Å². The number of anilines is 1. The lowest BCUT2D eigenvalue weighted by Crippen LogP contribution is -2.47. The SMILES string of the molecule is Cc1csc(NC(=O)CN(C)CC2(O)CCOCC2)n1. The number of nitrogens with one attached hydrogen (secondary N) is 1. The Bertz CT molecular complexity index is 457. The van der Waals surface area contributed by atoms with Crippen molar-refractivity contribution in [3.63, 3.8) is 0 Å². The lowest BCUT2D eigenvalue weighted by Gasteiger charge is -2.35. The number of aliphatic hydroxyl groups is 1. The van der Waals surface area contributed by atoms with E-state index in [-0.39, 0.29) is 12.5 Å². The molecule has 0 unspecified atom stereocenters. The summed E-state index contributed by atoms with van der Waals surface area (Å²) in [4.78, 5) is 17.9. The molecule has 112 valence electrons. The van der Waals surface area contributed by atoms with E-state index in [4.69, 9.17) is 4.74 Å². The molecule has 0 radical (unpaired) electrons. The second-order valence-corrected chi connectivity index (χ2v) is 6.21. The van der Waals surface area contributed by atoms with Crippen molar-refractivity contribution in [1.29, 1.82) is 0 Å². The van der Waals surface area contributed by atoms with Gasteiger partial charge < -0.3 is 15.2 Å². The summed E-state index contributed by atoms with van der Waals surface area (Å²) in [7, 11) is 1.83. The third kappa shape index (κ3) is 4.52. The minimum Gasteiger partial charge on any atom is -0.388 e. The first-order valence-electron chi connectivity index (χ1n) is 6.67. The molecule has 1 amide bonds. The molecule has 1 fully saturated rings. The Morgan fingerprint density at radius 2 is 2.30 bits per heavy atom. The summed E-state index contributed by atoms with van der Waals surface area (Å²) in [6, 6.07) is 0. The molecule has 1 saturated heterocycles. The summed E-state index contributed by atoms with van der Waals surface area (Å²) in [6.45, 7) is 3.76. The zero-order valence-electron chi connectivity index (χ0n) is 11.9. The number of thiazole rings is 1. The van der Waals surface area contributed by atoms with Gasteiger partial charge in [-0.2, -0.15) is 0 Å². The van der Waals surface area contributed by atoms with Crippen molar-refractivity contribution >= 4 is 22.4 Å². The minimum absolute atomic E-state index is 0.113. The average molecular weight is 299 g/mol. The third-order valence-corrected chi connectivity index (χ3v) is 4.14. The zero-order valence-corrected chi connectivity index (χ0v) is 12.7. The van der Waals surface area contributed by atoms with E-state index in [2.05, 4.69) is 10.3 Å². The molecule has 2 heterocycles. The van der Waals surface area contributed by atoms with E-state index in [1.54, 1.807) is 0 Å². The monoisotopic (exact) mass is 299 g/mol. The number of hydrogen-bond donors (Lipinski definition) is 2. The molecule has 20 heavy (non-hydrogen) atoms. The summed E-state index contributed by atoms with van der Waals surface area (Å²) in [5.41, 5.74) is 0.153. The van der Waals surface area contributed by atoms with Gasteiger partial charge >= 0.3 is 0 Å². The van der Waals surface area contributed by atoms with Crippen molar-refractivity contribution in [2.24, 2.45) is 0 Å². The quantitative estimate of drug-likeness (QED) is 0.843. The van der Waals surface area contributed by atoms with Crippen LogP contribution >= 0.6 is 11.3 Å². The maximum Gasteiger partial charge on any atom is 0.240 e. The molecule has 7 heteroatoms. The normalized spacial score (nSPS) is 18.2. The van der Waals surface area contributed by atoms with Crippen LogP contribution in [0.15, 0.2) is 5.38 Å². The molecule has 1 aliphatic heterocycles. The summed E-state index contributed by atoms with van der Waals surface area (Å²) < 4.78 is 5.24. The van der Waals surface area contributed by atoms with Crippen LogP contribution in [0.2, 0.25) is 0 Å². The lowest BCUT2D eigenvalue weighted by atomic mass is 9.94. The van der Waals surface area contributed by atoms with E-state index >= 15 is 0 Å². The molecular formula is C13H21N3O3S. The van der Waals surface area contributed by atoms with Gasteiger partial charge in [-0.3, -0.25) is 9.69 Å². The third-order valence-electron chi connectivity index (χ3n) is 3.27. The molecule has 0 atom stereocenters. The molecule has 1 aliphatic rings. The number of carbonyl (C=O) groups is 1. The fraction of sp³-hybridized carbons (Fsp3) is 0.692. The van der Waals surface area contributed by atoms with E-state index in [1.807, 2.05) is 24.3 Å². The van der Waals surface area contributed by atoms with Gasteiger partial charge in [0.25, 0.3) is 0 Å². The molecule has 2 N–H and O–H groups in total. The molecular weight excluding hydrogens is 278 g/mol. The molecule has 0 aliphatic carbocycles. The van der Waals surface area contributed by atoms with Crippen LogP contribution in [-0.4, -0.2) is 59.8 Å². The summed E-state index contributed by atoms with van der Waals surface area (Å²) in [5.74, 6) is -0.113. The number of rotatable bonds is 5. The highest BCUT2D eigenvalue weighted by molar-refractivity contribution is 7.13. The van der Waals surface area contributed by atoms with Gasteiger partial charge in [-0.15, -0.1) is 11.3 Å². The number of aryl methyl sites for hydroxylation is 1. The van der Waals surface area contributed by atoms with Crippen LogP contribution in [0.25, 0.3) is 0 Å². The molecule has 0 saturated carbocycles. The van der Waals surface area contributed by atoms with Gasteiger partial charge in [-0.25, -0.2) is 4.98 Å². The van der Waals surface area contributed by atoms with E-state index in [0.29, 0.717) is 37.7 Å². The number of hydrogen-bond acceptors (Lipinski definition) is 6. The molecule has 0 spiro atoms. The number of aromatic nitrogens is 1. The van der Waals surface area contributed by atoms with Crippen LogP contribution in [0.5, 0.6) is 0 Å². The van der Waals surface area contributed by atoms with Crippen LogP contribution in [0, 0.1) is 6.92 Å². The van der Waals surface area contributed by atoms with Crippen molar-refractivity contribution in [1.82, 2.24) is 9.88 Å². The van der Waals surface area contributed by atoms with E-state index in [1.165, 1.54) is 11.3 Å². The van der Waals surface area contributed by atoms with Crippen molar-refractivity contribution in [2.45, 2.75) is 25.4 Å². The van der Waals surface area contributed by atoms with E-state index < -0.39 is 5.60 Å². The van der Waals surface area contributed by atoms with Crippen LogP contribution in [-0.2, 0) is 9.53 Å². The molecule has 1 aromatic heterocycles. The smallest absolute Gasteiger partial charge is 0.240 e. The Balaban J connectivity index is 1.78. The van der Waals surface area contributed by atoms with Gasteiger partial charge in [0.15, 0.2) is 5.13 Å². The van der Waals surface area contributed by atoms with Crippen molar-refractivity contribution < 1.29 is 14.6 Å². The standard InChI is InChI=1S/C13H21N3O3S/c1-10-8-20-12(14-10)15-11(17)7-16(2)9-13(18)3-5-19-6-4-13/h8,18H,3-7,9H2,1-2H3,(H,14,15,17). The highest BCUT2D eigenvalue weighted by Gasteiger charge is 2.31. The second kappa shape index (κ2) is 6.62. The fourth-order valence-corrected chi connectivity index (χ4v) is 2.99. The van der Waals surface area contributed by atoms with Gasteiger partial charge in [0, 0.05) is 38.0 Å². The predicted octanol–water partition coefficient (Wildman–Crippen LogP) is 0.863. The molecule has 6 nitrogen and oxygen atoms in total. The Labute approximate surface area is 122 Å². The van der Waals surface area contributed by atoms with Crippen LogP contribution in [0.4, 0.5) is 5.13 Å². The molecule has 1 aromatic rings. The van der Waals surface area contributed by atoms with Crippen molar-refractivity contribution in [3.8, 4) is 0 Å². The minimum atomic E-state index is -0.745. The van der Waals surface area contributed by atoms with E-state index in [0.717, 1.165) is 5.69 Å². The Morgan fingerprint density at radius 1 is 1.60 bits per heavy atom. The number of nitrogens with zero attached hydrogens (tertiary/aromatic N) is 2. The van der Waals surface area contributed by atoms with Crippen molar-refractivity contribution in [3.05, 3.63) is 11.1 Å². The number of amides is 1. The van der Waals surface area contributed by atoms with E-state index in [9.17, 15) is 9.90 Å². The largest absolute Gasteiger partial charge is 0.388 e. The Hall–Kier alpha value is -1.02. The fourth-order valence-electron chi connectivity index (χ4n) is 2.28. The first kappa shape index (κ1) is 15.4. The van der Waals surface area contributed by atoms with Crippen molar-refractivity contribution in [2.75, 3.05) is 38.7 Å². The maximum absolute atomic E-state index is 11.9. The number of ether oxygens (including phenoxy) is 1. The summed E-state index contributed by atoms with van der Waals surface area (Å²) in [6.07, 6.45) is 1.23. The highest BCUT2D eigenvalue weighted by Crippen LogP contribution is 2.21. The number of carbonyl (C=O) groups excluding carboxylic acids is 1. The first-order chi connectivity index (χ1) is 9.47. The average Bonchev–Trinajstić information content (AvgIpc) is 2.74. The number of likely N-dealkylation sites (N-methyl/N-ethyl adjacent to an activating group) is 1. The maximum atomic E-state index is 11.9. The van der Waals surface area contributed by atoms with Gasteiger partial charge in [0.05, 0.1) is 17.8 Å². The Kier molecular flexibility index (Phi) is 5.09. The van der Waals surface area contributed by atoms with Crippen LogP contribution in [0.3, 0.4) is 0 Å². The zero-order chi connectivity index (χ0) is 14.6. The summed E-state index contributed by atoms with van der Waals surface area (Å²) in [5, 5.41) is 15.7. The van der Waals surface area contributed by atoms with Gasteiger partial charge in [-0.1, -0.05) is 0 Å². The molecule has 0 bridgehead atoms. The van der Waals surface area contributed by atoms with Crippen LogP contribution < -0.4 is 5.32 Å².